The lowest BCUT2D eigenvalue weighted by atomic mass is 10.1. The summed E-state index contributed by atoms with van der Waals surface area (Å²) in [6.45, 7) is 7.65. The van der Waals surface area contributed by atoms with Gasteiger partial charge in [-0.15, -0.1) is 0 Å². The zero-order valence-corrected chi connectivity index (χ0v) is 9.66. The Labute approximate surface area is 90.7 Å². The van der Waals surface area contributed by atoms with Gasteiger partial charge < -0.3 is 9.84 Å². The van der Waals surface area contributed by atoms with Gasteiger partial charge in [0.05, 0.1) is 18.9 Å². The van der Waals surface area contributed by atoms with Crippen molar-refractivity contribution in [3.8, 4) is 0 Å². The van der Waals surface area contributed by atoms with Gasteiger partial charge in [-0.3, -0.25) is 5.10 Å². The first kappa shape index (κ1) is 12.2. The topological polar surface area (TPSA) is 58.1 Å². The fourth-order valence-electron chi connectivity index (χ4n) is 1.46. The number of aromatic nitrogens is 2. The van der Waals surface area contributed by atoms with Crippen LogP contribution in [0.2, 0.25) is 0 Å². The van der Waals surface area contributed by atoms with Gasteiger partial charge in [-0.2, -0.15) is 5.10 Å². The van der Waals surface area contributed by atoms with Crippen LogP contribution in [0.5, 0.6) is 0 Å². The minimum Gasteiger partial charge on any atom is -0.391 e. The molecule has 0 radical (unpaired) electrons. The Balaban J connectivity index is 0.000000162. The van der Waals surface area contributed by atoms with Gasteiger partial charge in [-0.05, 0) is 24.8 Å². The summed E-state index contributed by atoms with van der Waals surface area (Å²) < 4.78 is 4.81. The van der Waals surface area contributed by atoms with E-state index in [0.717, 1.165) is 13.0 Å². The van der Waals surface area contributed by atoms with Crippen LogP contribution in [0.4, 0.5) is 0 Å². The summed E-state index contributed by atoms with van der Waals surface area (Å²) >= 11 is 0. The highest BCUT2D eigenvalue weighted by Crippen LogP contribution is 2.14. The molecule has 1 unspecified atom stereocenters. The van der Waals surface area contributed by atoms with Crippen LogP contribution < -0.4 is 0 Å². The third kappa shape index (κ3) is 4.01. The first-order valence-corrected chi connectivity index (χ1v) is 5.37. The van der Waals surface area contributed by atoms with Crippen molar-refractivity contribution in [1.29, 1.82) is 0 Å². The van der Waals surface area contributed by atoms with E-state index in [2.05, 4.69) is 24.0 Å². The summed E-state index contributed by atoms with van der Waals surface area (Å²) in [5.74, 6) is 0.587. The molecule has 1 atom stereocenters. The van der Waals surface area contributed by atoms with Crippen molar-refractivity contribution in [1.82, 2.24) is 10.2 Å². The van der Waals surface area contributed by atoms with E-state index >= 15 is 0 Å². The molecule has 1 aliphatic rings. The minimum atomic E-state index is -0.176. The van der Waals surface area contributed by atoms with Crippen LogP contribution in [0.3, 0.4) is 0 Å². The molecular weight excluding hydrogens is 192 g/mol. The number of aromatic amines is 1. The van der Waals surface area contributed by atoms with Gasteiger partial charge in [-0.25, -0.2) is 0 Å². The standard InChI is InChI=1S/C7H12N2.C4H8O2/c1-5(2)7-4-8-9-6(7)3;5-4-1-2-6-3-4/h4-5H,1-3H3,(H,8,9);4-5H,1-3H2. The number of nitrogens with zero attached hydrogens (tertiary/aromatic N) is 1. The number of rotatable bonds is 1. The lowest BCUT2D eigenvalue weighted by Gasteiger charge is -1.99. The van der Waals surface area contributed by atoms with Gasteiger partial charge in [0.15, 0.2) is 0 Å². The summed E-state index contributed by atoms with van der Waals surface area (Å²) in [7, 11) is 0. The maximum Gasteiger partial charge on any atom is 0.0795 e. The van der Waals surface area contributed by atoms with Crippen molar-refractivity contribution in [2.75, 3.05) is 13.2 Å². The molecule has 1 aromatic heterocycles. The number of aryl methyl sites for hydroxylation is 1. The maximum atomic E-state index is 8.60. The Morgan fingerprint density at radius 3 is 2.53 bits per heavy atom. The van der Waals surface area contributed by atoms with E-state index in [1.807, 2.05) is 13.1 Å². The predicted molar refractivity (Wildman–Crippen MR) is 58.9 cm³/mol. The first-order chi connectivity index (χ1) is 7.11. The molecule has 4 nitrogen and oxygen atoms in total. The zero-order chi connectivity index (χ0) is 11.3. The average Bonchev–Trinajstić information content (AvgIpc) is 2.77. The summed E-state index contributed by atoms with van der Waals surface area (Å²) in [6.07, 6.45) is 2.53. The predicted octanol–water partition coefficient (Wildman–Crippen LogP) is 1.61. The molecule has 2 rings (SSSR count). The number of hydrogen-bond acceptors (Lipinski definition) is 3. The molecule has 1 aliphatic heterocycles. The van der Waals surface area contributed by atoms with Crippen molar-refractivity contribution < 1.29 is 9.84 Å². The molecule has 15 heavy (non-hydrogen) atoms. The number of nitrogens with one attached hydrogen (secondary N) is 1. The Morgan fingerprint density at radius 1 is 1.60 bits per heavy atom. The summed E-state index contributed by atoms with van der Waals surface area (Å²) in [4.78, 5) is 0. The fraction of sp³-hybridized carbons (Fsp3) is 0.727. The second-order valence-corrected chi connectivity index (χ2v) is 4.12. The van der Waals surface area contributed by atoms with Crippen LogP contribution in [-0.2, 0) is 4.74 Å². The van der Waals surface area contributed by atoms with Crippen molar-refractivity contribution in [2.24, 2.45) is 0 Å². The molecular formula is C11H20N2O2. The van der Waals surface area contributed by atoms with Crippen molar-refractivity contribution in [3.63, 3.8) is 0 Å². The maximum absolute atomic E-state index is 8.60. The first-order valence-electron chi connectivity index (χ1n) is 5.37. The third-order valence-corrected chi connectivity index (χ3v) is 2.40. The molecule has 0 spiro atoms. The van der Waals surface area contributed by atoms with Crippen LogP contribution in [-0.4, -0.2) is 34.6 Å². The molecule has 0 bridgehead atoms. The van der Waals surface area contributed by atoms with E-state index in [-0.39, 0.29) is 6.10 Å². The largest absolute Gasteiger partial charge is 0.391 e. The van der Waals surface area contributed by atoms with Gasteiger partial charge in [0.2, 0.25) is 0 Å². The number of H-pyrrole nitrogens is 1. The number of aliphatic hydroxyl groups is 1. The molecule has 0 aliphatic carbocycles. The SMILES string of the molecule is Cc1[nH]ncc1C(C)C.OC1CCOC1. The lowest BCUT2D eigenvalue weighted by Crippen LogP contribution is -2.02. The Bertz CT molecular complexity index is 278. The molecule has 1 aromatic rings. The molecule has 0 amide bonds. The second kappa shape index (κ2) is 5.88. The highest BCUT2D eigenvalue weighted by atomic mass is 16.5. The summed E-state index contributed by atoms with van der Waals surface area (Å²) in [6, 6.07) is 0. The normalized spacial score (nSPS) is 20.2. The molecule has 1 fully saturated rings. The second-order valence-electron chi connectivity index (χ2n) is 4.12. The summed E-state index contributed by atoms with van der Waals surface area (Å²) in [5, 5.41) is 15.4. The van der Waals surface area contributed by atoms with Gasteiger partial charge in [0.1, 0.15) is 0 Å². The molecule has 86 valence electrons. The lowest BCUT2D eigenvalue weighted by molar-refractivity contribution is 0.127. The van der Waals surface area contributed by atoms with Crippen LogP contribution in [0, 0.1) is 6.92 Å². The van der Waals surface area contributed by atoms with Gasteiger partial charge in [-0.1, -0.05) is 13.8 Å². The van der Waals surface area contributed by atoms with Gasteiger partial charge >= 0.3 is 0 Å². The van der Waals surface area contributed by atoms with Crippen molar-refractivity contribution >= 4 is 0 Å². The van der Waals surface area contributed by atoms with E-state index in [9.17, 15) is 0 Å². The van der Waals surface area contributed by atoms with Gasteiger partial charge in [0, 0.05) is 12.3 Å². The summed E-state index contributed by atoms with van der Waals surface area (Å²) in [5.41, 5.74) is 2.50. The Morgan fingerprint density at radius 2 is 2.33 bits per heavy atom. The van der Waals surface area contributed by atoms with Crippen LogP contribution in [0.1, 0.15) is 37.4 Å². The van der Waals surface area contributed by atoms with Crippen LogP contribution >= 0.6 is 0 Å². The molecule has 0 saturated carbocycles. The minimum absolute atomic E-state index is 0.176. The highest BCUT2D eigenvalue weighted by Gasteiger charge is 2.09. The smallest absolute Gasteiger partial charge is 0.0795 e. The zero-order valence-electron chi connectivity index (χ0n) is 9.66. The van der Waals surface area contributed by atoms with E-state index in [0.29, 0.717) is 12.5 Å². The average molecular weight is 212 g/mol. The Hall–Kier alpha value is -0.870. The Kier molecular flexibility index (Phi) is 4.78. The van der Waals surface area contributed by atoms with E-state index in [1.54, 1.807) is 0 Å². The highest BCUT2D eigenvalue weighted by molar-refractivity contribution is 5.17. The van der Waals surface area contributed by atoms with Crippen LogP contribution in [0.25, 0.3) is 0 Å². The van der Waals surface area contributed by atoms with E-state index in [1.165, 1.54) is 11.3 Å². The van der Waals surface area contributed by atoms with Crippen LogP contribution in [0.15, 0.2) is 6.20 Å². The van der Waals surface area contributed by atoms with E-state index in [4.69, 9.17) is 9.84 Å². The molecule has 2 heterocycles. The van der Waals surface area contributed by atoms with E-state index < -0.39 is 0 Å². The monoisotopic (exact) mass is 212 g/mol. The van der Waals surface area contributed by atoms with Crippen molar-refractivity contribution in [3.05, 3.63) is 17.5 Å². The third-order valence-electron chi connectivity index (χ3n) is 2.40. The fourth-order valence-corrected chi connectivity index (χ4v) is 1.46. The molecule has 4 heteroatoms. The quantitative estimate of drug-likeness (QED) is 0.743. The number of hydrogen-bond donors (Lipinski definition) is 2. The van der Waals surface area contributed by atoms with Crippen molar-refractivity contribution in [2.45, 2.75) is 39.2 Å². The van der Waals surface area contributed by atoms with Gasteiger partial charge in [0.25, 0.3) is 0 Å². The number of aliphatic hydroxyl groups excluding tert-OH is 1. The molecule has 2 N–H and O–H groups in total. The molecule has 0 aromatic carbocycles. The number of ether oxygens (including phenoxy) is 1. The molecule has 1 saturated heterocycles.